The van der Waals surface area contributed by atoms with E-state index in [2.05, 4.69) is 12.2 Å². The number of amides is 1. The Labute approximate surface area is 125 Å². The summed E-state index contributed by atoms with van der Waals surface area (Å²) in [6.45, 7) is 2.16. The maximum atomic E-state index is 11.7. The molecule has 0 aliphatic heterocycles. The molecule has 0 bridgehead atoms. The third-order valence-corrected chi connectivity index (χ3v) is 4.42. The number of thioether (sulfide) groups is 1. The molecule has 3 N–H and O–H groups in total. The van der Waals surface area contributed by atoms with Crippen LogP contribution in [-0.4, -0.2) is 23.4 Å². The maximum absolute atomic E-state index is 11.7. The van der Waals surface area contributed by atoms with E-state index in [0.717, 1.165) is 29.8 Å². The topological polar surface area (TPSA) is 61.4 Å². The average Bonchev–Trinajstić information content (AvgIpc) is 2.50. The van der Waals surface area contributed by atoms with Gasteiger partial charge in [0.25, 0.3) is 5.91 Å². The molecule has 0 spiro atoms. The molecule has 4 nitrogen and oxygen atoms in total. The molecule has 0 aliphatic rings. The van der Waals surface area contributed by atoms with Crippen LogP contribution in [0.4, 0.5) is 5.69 Å². The molecule has 5 heteroatoms. The summed E-state index contributed by atoms with van der Waals surface area (Å²) in [4.78, 5) is 12.7. The minimum absolute atomic E-state index is 0.239. The van der Waals surface area contributed by atoms with Crippen molar-refractivity contribution >= 4 is 23.4 Å². The van der Waals surface area contributed by atoms with Crippen LogP contribution in [0.5, 0.6) is 0 Å². The number of hydrogen-bond donors (Lipinski definition) is 3. The zero-order valence-corrected chi connectivity index (χ0v) is 13.0. The van der Waals surface area contributed by atoms with E-state index in [4.69, 9.17) is 5.21 Å². The van der Waals surface area contributed by atoms with E-state index < -0.39 is 0 Å². The number of benzene rings is 1. The van der Waals surface area contributed by atoms with Crippen molar-refractivity contribution in [2.75, 3.05) is 12.4 Å². The van der Waals surface area contributed by atoms with Crippen molar-refractivity contribution in [3.63, 3.8) is 0 Å². The quantitative estimate of drug-likeness (QED) is 0.282. The SMILES string of the molecule is CCCCCCC(Sc1ccc(NC)cc1)C(=O)NO. The summed E-state index contributed by atoms with van der Waals surface area (Å²) < 4.78 is 0. The first-order valence-corrected chi connectivity index (χ1v) is 7.97. The molecule has 112 valence electrons. The van der Waals surface area contributed by atoms with Gasteiger partial charge in [-0.05, 0) is 30.7 Å². The first-order chi connectivity index (χ1) is 9.71. The van der Waals surface area contributed by atoms with Crippen LogP contribution in [0, 0.1) is 0 Å². The van der Waals surface area contributed by atoms with Crippen LogP contribution in [0.1, 0.15) is 39.0 Å². The number of nitrogens with one attached hydrogen (secondary N) is 2. The zero-order valence-electron chi connectivity index (χ0n) is 12.2. The van der Waals surface area contributed by atoms with Crippen LogP contribution in [0.3, 0.4) is 0 Å². The van der Waals surface area contributed by atoms with Gasteiger partial charge in [-0.15, -0.1) is 11.8 Å². The van der Waals surface area contributed by atoms with Gasteiger partial charge in [-0.3, -0.25) is 10.0 Å². The van der Waals surface area contributed by atoms with Crippen molar-refractivity contribution < 1.29 is 10.0 Å². The Hall–Kier alpha value is -1.20. The zero-order chi connectivity index (χ0) is 14.8. The average molecular weight is 296 g/mol. The van der Waals surface area contributed by atoms with Crippen LogP contribution >= 0.6 is 11.8 Å². The highest BCUT2D eigenvalue weighted by Gasteiger charge is 2.18. The summed E-state index contributed by atoms with van der Waals surface area (Å²) in [7, 11) is 1.87. The van der Waals surface area contributed by atoms with Gasteiger partial charge in [-0.25, -0.2) is 5.48 Å². The van der Waals surface area contributed by atoms with Gasteiger partial charge in [0.15, 0.2) is 0 Å². The van der Waals surface area contributed by atoms with Crippen molar-refractivity contribution in [2.24, 2.45) is 0 Å². The Balaban J connectivity index is 2.56. The molecule has 0 heterocycles. The summed E-state index contributed by atoms with van der Waals surface area (Å²) >= 11 is 1.50. The Bertz CT molecular complexity index is 395. The van der Waals surface area contributed by atoms with E-state index in [9.17, 15) is 4.79 Å². The van der Waals surface area contributed by atoms with Crippen LogP contribution in [0.25, 0.3) is 0 Å². The van der Waals surface area contributed by atoms with Crippen molar-refractivity contribution in [1.29, 1.82) is 0 Å². The molecule has 0 saturated carbocycles. The van der Waals surface area contributed by atoms with Gasteiger partial charge in [0.1, 0.15) is 0 Å². The largest absolute Gasteiger partial charge is 0.388 e. The van der Waals surface area contributed by atoms with Gasteiger partial charge in [0.2, 0.25) is 0 Å². The molecule has 0 fully saturated rings. The molecular formula is C15H24N2O2S. The molecule has 1 atom stereocenters. The molecule has 1 unspecified atom stereocenters. The summed E-state index contributed by atoms with van der Waals surface area (Å²) in [5.74, 6) is -0.316. The number of carbonyl (C=O) groups is 1. The smallest absolute Gasteiger partial charge is 0.256 e. The van der Waals surface area contributed by atoms with Crippen molar-refractivity contribution in [3.8, 4) is 0 Å². The second-order valence-electron chi connectivity index (χ2n) is 4.71. The van der Waals surface area contributed by atoms with Gasteiger partial charge in [0, 0.05) is 17.6 Å². The molecule has 1 amide bonds. The van der Waals surface area contributed by atoms with Crippen LogP contribution in [0.2, 0.25) is 0 Å². The first kappa shape index (κ1) is 16.9. The fourth-order valence-electron chi connectivity index (χ4n) is 1.94. The van der Waals surface area contributed by atoms with E-state index in [0.29, 0.717) is 0 Å². The van der Waals surface area contributed by atoms with E-state index in [-0.39, 0.29) is 11.2 Å². The van der Waals surface area contributed by atoms with Gasteiger partial charge in [0.05, 0.1) is 5.25 Å². The molecule has 0 aromatic heterocycles. The van der Waals surface area contributed by atoms with Gasteiger partial charge in [-0.1, -0.05) is 32.6 Å². The molecule has 0 radical (unpaired) electrons. The number of hydrogen-bond acceptors (Lipinski definition) is 4. The van der Waals surface area contributed by atoms with E-state index in [1.54, 1.807) is 5.48 Å². The number of carbonyl (C=O) groups excluding carboxylic acids is 1. The number of rotatable bonds is 9. The van der Waals surface area contributed by atoms with Gasteiger partial charge in [-0.2, -0.15) is 0 Å². The fourth-order valence-corrected chi connectivity index (χ4v) is 3.00. The standard InChI is InChI=1S/C15H24N2O2S/c1-3-4-5-6-7-14(15(18)17-19)20-13-10-8-12(16-2)9-11-13/h8-11,14,16,19H,3-7H2,1-2H3,(H,17,18). The van der Waals surface area contributed by atoms with Crippen LogP contribution < -0.4 is 10.8 Å². The highest BCUT2D eigenvalue weighted by molar-refractivity contribution is 8.00. The highest BCUT2D eigenvalue weighted by Crippen LogP contribution is 2.28. The van der Waals surface area contributed by atoms with Crippen LogP contribution in [-0.2, 0) is 4.79 Å². The second kappa shape index (κ2) is 9.66. The molecule has 1 aromatic rings. The normalized spacial score (nSPS) is 11.9. The number of anilines is 1. The Kier molecular flexibility index (Phi) is 8.14. The second-order valence-corrected chi connectivity index (χ2v) is 5.98. The lowest BCUT2D eigenvalue weighted by Gasteiger charge is -2.14. The van der Waals surface area contributed by atoms with Crippen molar-refractivity contribution in [2.45, 2.75) is 49.2 Å². The summed E-state index contributed by atoms with van der Waals surface area (Å²) in [5.41, 5.74) is 2.82. The summed E-state index contributed by atoms with van der Waals surface area (Å²) in [6, 6.07) is 7.93. The minimum Gasteiger partial charge on any atom is -0.388 e. The Morgan fingerprint density at radius 2 is 1.95 bits per heavy atom. The predicted octanol–water partition coefficient (Wildman–Crippen LogP) is 3.66. The summed E-state index contributed by atoms with van der Waals surface area (Å²) in [5, 5.41) is 11.7. The van der Waals surface area contributed by atoms with Crippen molar-refractivity contribution in [3.05, 3.63) is 24.3 Å². The van der Waals surface area contributed by atoms with Crippen molar-refractivity contribution in [1.82, 2.24) is 5.48 Å². The number of unbranched alkanes of at least 4 members (excludes halogenated alkanes) is 3. The lowest BCUT2D eigenvalue weighted by molar-refractivity contribution is -0.128. The Morgan fingerprint density at radius 1 is 1.25 bits per heavy atom. The third-order valence-electron chi connectivity index (χ3n) is 3.14. The van der Waals surface area contributed by atoms with E-state index in [1.807, 2.05) is 31.3 Å². The first-order valence-electron chi connectivity index (χ1n) is 7.09. The predicted molar refractivity (Wildman–Crippen MR) is 84.3 cm³/mol. The third kappa shape index (κ3) is 5.84. The van der Waals surface area contributed by atoms with Gasteiger partial charge < -0.3 is 5.32 Å². The molecule has 0 saturated heterocycles. The summed E-state index contributed by atoms with van der Waals surface area (Å²) in [6.07, 6.45) is 5.29. The lowest BCUT2D eigenvalue weighted by atomic mass is 10.1. The molecule has 20 heavy (non-hydrogen) atoms. The molecule has 1 rings (SSSR count). The molecule has 0 aliphatic carbocycles. The number of hydroxylamine groups is 1. The highest BCUT2D eigenvalue weighted by atomic mass is 32.2. The monoisotopic (exact) mass is 296 g/mol. The fraction of sp³-hybridized carbons (Fsp3) is 0.533. The van der Waals surface area contributed by atoms with Crippen LogP contribution in [0.15, 0.2) is 29.2 Å². The minimum atomic E-state index is -0.316. The van der Waals surface area contributed by atoms with E-state index in [1.165, 1.54) is 24.6 Å². The van der Waals surface area contributed by atoms with Gasteiger partial charge >= 0.3 is 0 Å². The lowest BCUT2D eigenvalue weighted by Crippen LogP contribution is -2.30. The molecule has 1 aromatic carbocycles. The van der Waals surface area contributed by atoms with E-state index >= 15 is 0 Å². The maximum Gasteiger partial charge on any atom is 0.256 e. The molecular weight excluding hydrogens is 272 g/mol. The Morgan fingerprint density at radius 3 is 2.50 bits per heavy atom.